The summed E-state index contributed by atoms with van der Waals surface area (Å²) in [7, 11) is 3.51. The lowest BCUT2D eigenvalue weighted by molar-refractivity contribution is 0.0827. The summed E-state index contributed by atoms with van der Waals surface area (Å²) >= 11 is 6.11. The van der Waals surface area contributed by atoms with Gasteiger partial charge < -0.3 is 15.5 Å². The van der Waals surface area contributed by atoms with Crippen molar-refractivity contribution in [3.8, 4) is 0 Å². The zero-order valence-corrected chi connectivity index (χ0v) is 17.3. The van der Waals surface area contributed by atoms with E-state index in [-0.39, 0.29) is 5.91 Å². The lowest BCUT2D eigenvalue weighted by atomic mass is 10.1. The molecule has 1 saturated carbocycles. The fourth-order valence-corrected chi connectivity index (χ4v) is 3.34. The number of carbonyl (C=O) groups is 1. The number of aliphatic imine (C=N–C) groups is 1. The van der Waals surface area contributed by atoms with Crippen LogP contribution in [0.1, 0.15) is 40.7 Å². The van der Waals surface area contributed by atoms with E-state index in [0.29, 0.717) is 24.1 Å². The number of rotatable bonds is 6. The molecule has 1 amide bonds. The first-order valence-corrected chi connectivity index (χ1v) is 9.96. The molecular formula is C22H27ClN4O. The Bertz CT molecular complexity index is 848. The van der Waals surface area contributed by atoms with Crippen LogP contribution in [-0.4, -0.2) is 43.4 Å². The van der Waals surface area contributed by atoms with Crippen LogP contribution in [0.4, 0.5) is 0 Å². The zero-order valence-electron chi connectivity index (χ0n) is 16.6. The van der Waals surface area contributed by atoms with Gasteiger partial charge in [-0.15, -0.1) is 0 Å². The summed E-state index contributed by atoms with van der Waals surface area (Å²) in [5.74, 6) is 1.29. The average molecular weight is 399 g/mol. The molecule has 0 saturated heterocycles. The first-order valence-electron chi connectivity index (χ1n) is 9.59. The van der Waals surface area contributed by atoms with E-state index < -0.39 is 0 Å². The SMILES string of the molecule is CCNC(=NCc1ccc(C(=O)N(C)C)cc1)NC1CC1c1cccc(Cl)c1. The second kappa shape index (κ2) is 9.11. The molecular weight excluding hydrogens is 372 g/mol. The Labute approximate surface area is 171 Å². The summed E-state index contributed by atoms with van der Waals surface area (Å²) in [4.78, 5) is 18.2. The minimum Gasteiger partial charge on any atom is -0.357 e. The van der Waals surface area contributed by atoms with Gasteiger partial charge in [0.2, 0.25) is 0 Å². The summed E-state index contributed by atoms with van der Waals surface area (Å²) in [5.41, 5.74) is 3.02. The predicted octanol–water partition coefficient (Wildman–Crippen LogP) is 3.65. The van der Waals surface area contributed by atoms with Crippen LogP contribution in [0.25, 0.3) is 0 Å². The molecule has 2 atom stereocenters. The van der Waals surface area contributed by atoms with Crippen molar-refractivity contribution in [2.45, 2.75) is 31.8 Å². The van der Waals surface area contributed by atoms with Gasteiger partial charge in [0.05, 0.1) is 6.54 Å². The van der Waals surface area contributed by atoms with E-state index in [1.165, 1.54) is 5.56 Å². The van der Waals surface area contributed by atoms with Gasteiger partial charge in [0.25, 0.3) is 5.91 Å². The lowest BCUT2D eigenvalue weighted by Gasteiger charge is -2.12. The van der Waals surface area contributed by atoms with Crippen LogP contribution in [0, 0.1) is 0 Å². The minimum absolute atomic E-state index is 0.00541. The van der Waals surface area contributed by atoms with Gasteiger partial charge in [0.1, 0.15) is 0 Å². The summed E-state index contributed by atoms with van der Waals surface area (Å²) < 4.78 is 0. The molecule has 3 rings (SSSR count). The van der Waals surface area contributed by atoms with Gasteiger partial charge in [0.15, 0.2) is 5.96 Å². The van der Waals surface area contributed by atoms with Crippen molar-refractivity contribution >= 4 is 23.5 Å². The van der Waals surface area contributed by atoms with Crippen molar-refractivity contribution in [2.24, 2.45) is 4.99 Å². The molecule has 2 N–H and O–H groups in total. The Balaban J connectivity index is 1.60. The van der Waals surface area contributed by atoms with Crippen molar-refractivity contribution in [3.05, 3.63) is 70.2 Å². The van der Waals surface area contributed by atoms with Crippen molar-refractivity contribution in [2.75, 3.05) is 20.6 Å². The quantitative estimate of drug-likeness (QED) is 0.576. The van der Waals surface area contributed by atoms with Gasteiger partial charge >= 0.3 is 0 Å². The maximum absolute atomic E-state index is 12.0. The molecule has 5 nitrogen and oxygen atoms in total. The molecule has 0 aliphatic heterocycles. The third kappa shape index (κ3) is 5.26. The van der Waals surface area contributed by atoms with E-state index in [1.54, 1.807) is 19.0 Å². The highest BCUT2D eigenvalue weighted by Crippen LogP contribution is 2.41. The summed E-state index contributed by atoms with van der Waals surface area (Å²) in [6.45, 7) is 3.41. The predicted molar refractivity (Wildman–Crippen MR) is 115 cm³/mol. The van der Waals surface area contributed by atoms with Crippen LogP contribution < -0.4 is 10.6 Å². The second-order valence-electron chi connectivity index (χ2n) is 7.24. The number of amides is 1. The highest BCUT2D eigenvalue weighted by atomic mass is 35.5. The number of halogens is 1. The molecule has 1 fully saturated rings. The van der Waals surface area contributed by atoms with Crippen LogP contribution >= 0.6 is 11.6 Å². The molecule has 6 heteroatoms. The zero-order chi connectivity index (χ0) is 20.1. The maximum atomic E-state index is 12.0. The van der Waals surface area contributed by atoms with Gasteiger partial charge in [-0.1, -0.05) is 35.9 Å². The second-order valence-corrected chi connectivity index (χ2v) is 7.68. The molecule has 148 valence electrons. The van der Waals surface area contributed by atoms with E-state index in [1.807, 2.05) is 42.5 Å². The van der Waals surface area contributed by atoms with Crippen molar-refractivity contribution in [1.29, 1.82) is 0 Å². The standard InChI is InChI=1S/C22H27ClN4O/c1-4-24-22(26-20-13-19(20)17-6-5-7-18(23)12-17)25-14-15-8-10-16(11-9-15)21(28)27(2)3/h5-12,19-20H,4,13-14H2,1-3H3,(H2,24,25,26). The topological polar surface area (TPSA) is 56.7 Å². The third-order valence-corrected chi connectivity index (χ3v) is 5.00. The highest BCUT2D eigenvalue weighted by Gasteiger charge is 2.39. The number of carbonyl (C=O) groups excluding carboxylic acids is 1. The molecule has 2 unspecified atom stereocenters. The molecule has 2 aromatic carbocycles. The van der Waals surface area contributed by atoms with Crippen molar-refractivity contribution in [3.63, 3.8) is 0 Å². The molecule has 0 bridgehead atoms. The van der Waals surface area contributed by atoms with Gasteiger partial charge in [0, 0.05) is 43.2 Å². The van der Waals surface area contributed by atoms with Gasteiger partial charge in [-0.05, 0) is 48.7 Å². The lowest BCUT2D eigenvalue weighted by Crippen LogP contribution is -2.39. The first kappa shape index (κ1) is 20.2. The molecule has 0 heterocycles. The number of hydrogen-bond acceptors (Lipinski definition) is 2. The Morgan fingerprint density at radius 3 is 2.61 bits per heavy atom. The number of nitrogens with zero attached hydrogens (tertiary/aromatic N) is 2. The Morgan fingerprint density at radius 1 is 1.21 bits per heavy atom. The van der Waals surface area contributed by atoms with E-state index in [9.17, 15) is 4.79 Å². The molecule has 0 spiro atoms. The molecule has 0 radical (unpaired) electrons. The Kier molecular flexibility index (Phi) is 6.57. The van der Waals surface area contributed by atoms with Crippen molar-refractivity contribution < 1.29 is 4.79 Å². The largest absolute Gasteiger partial charge is 0.357 e. The maximum Gasteiger partial charge on any atom is 0.253 e. The van der Waals surface area contributed by atoms with Crippen molar-refractivity contribution in [1.82, 2.24) is 15.5 Å². The van der Waals surface area contributed by atoms with Gasteiger partial charge in [-0.25, -0.2) is 4.99 Å². The number of benzene rings is 2. The Morgan fingerprint density at radius 2 is 1.96 bits per heavy atom. The summed E-state index contributed by atoms with van der Waals surface area (Å²) in [6.07, 6.45) is 1.08. The number of nitrogens with one attached hydrogen (secondary N) is 2. The third-order valence-electron chi connectivity index (χ3n) is 4.76. The smallest absolute Gasteiger partial charge is 0.253 e. The fraction of sp³-hybridized carbons (Fsp3) is 0.364. The van der Waals surface area contributed by atoms with E-state index >= 15 is 0 Å². The summed E-state index contributed by atoms with van der Waals surface area (Å²) in [5, 5.41) is 7.59. The molecule has 1 aliphatic rings. The molecule has 2 aromatic rings. The first-order chi connectivity index (χ1) is 13.5. The Hall–Kier alpha value is -2.53. The number of guanidine groups is 1. The summed E-state index contributed by atoms with van der Waals surface area (Å²) in [6, 6.07) is 16.0. The number of hydrogen-bond donors (Lipinski definition) is 2. The van der Waals surface area contributed by atoms with Crippen LogP contribution in [0.5, 0.6) is 0 Å². The minimum atomic E-state index is 0.00541. The fourth-order valence-electron chi connectivity index (χ4n) is 3.14. The molecule has 0 aromatic heterocycles. The monoisotopic (exact) mass is 398 g/mol. The van der Waals surface area contributed by atoms with E-state index in [4.69, 9.17) is 16.6 Å². The average Bonchev–Trinajstić information content (AvgIpc) is 3.45. The van der Waals surface area contributed by atoms with Crippen LogP contribution in [0.15, 0.2) is 53.5 Å². The van der Waals surface area contributed by atoms with Gasteiger partial charge in [-0.3, -0.25) is 4.79 Å². The van der Waals surface area contributed by atoms with Crippen LogP contribution in [0.3, 0.4) is 0 Å². The van der Waals surface area contributed by atoms with Crippen LogP contribution in [0.2, 0.25) is 5.02 Å². The molecule has 1 aliphatic carbocycles. The molecule has 28 heavy (non-hydrogen) atoms. The highest BCUT2D eigenvalue weighted by molar-refractivity contribution is 6.30. The van der Waals surface area contributed by atoms with E-state index in [0.717, 1.165) is 29.5 Å². The van der Waals surface area contributed by atoms with Gasteiger partial charge in [-0.2, -0.15) is 0 Å². The normalized spacial score (nSPS) is 18.5. The van der Waals surface area contributed by atoms with Crippen LogP contribution in [-0.2, 0) is 6.54 Å². The van der Waals surface area contributed by atoms with E-state index in [2.05, 4.69) is 23.6 Å².